The second-order valence-electron chi connectivity index (χ2n) is 6.44. The molecule has 1 heterocycles. The van der Waals surface area contributed by atoms with Crippen LogP contribution in [0, 0.1) is 0 Å². The monoisotopic (exact) mass is 411 g/mol. The zero-order valence-electron chi connectivity index (χ0n) is 15.7. The molecule has 0 atom stereocenters. The lowest BCUT2D eigenvalue weighted by atomic mass is 10.2. The minimum absolute atomic E-state index is 0.00150. The maximum Gasteiger partial charge on any atom is 0.335 e. The van der Waals surface area contributed by atoms with Crippen molar-refractivity contribution in [2.45, 2.75) is 12.3 Å². The van der Waals surface area contributed by atoms with Crippen molar-refractivity contribution in [3.8, 4) is 0 Å². The van der Waals surface area contributed by atoms with Gasteiger partial charge in [0.1, 0.15) is 6.54 Å². The molecule has 3 rings (SSSR count). The third kappa shape index (κ3) is 5.45. The molecule has 1 fully saturated rings. The van der Waals surface area contributed by atoms with Crippen molar-refractivity contribution >= 4 is 35.5 Å². The van der Waals surface area contributed by atoms with Gasteiger partial charge >= 0.3 is 17.8 Å². The predicted molar refractivity (Wildman–Crippen MR) is 110 cm³/mol. The number of nitrogens with one attached hydrogen (secondary N) is 1. The molecule has 7 nitrogen and oxygen atoms in total. The second-order valence-corrected chi connectivity index (χ2v) is 7.54. The summed E-state index contributed by atoms with van der Waals surface area (Å²) in [4.78, 5) is 50.3. The SMILES string of the molecule is O=C(CN1C(=O)C(=O)N(Cc2ccccc2)C1=O)NCCSCc1ccccc1. The molecule has 0 aromatic heterocycles. The van der Waals surface area contributed by atoms with Gasteiger partial charge in [0.2, 0.25) is 5.91 Å². The number of hydrogen-bond acceptors (Lipinski definition) is 5. The Bertz CT molecular complexity index is 889. The first-order valence-corrected chi connectivity index (χ1v) is 10.3. The van der Waals surface area contributed by atoms with Crippen molar-refractivity contribution in [1.29, 1.82) is 0 Å². The maximum absolute atomic E-state index is 12.4. The number of imide groups is 2. The fourth-order valence-corrected chi connectivity index (χ4v) is 3.64. The van der Waals surface area contributed by atoms with Crippen molar-refractivity contribution in [1.82, 2.24) is 15.1 Å². The van der Waals surface area contributed by atoms with Gasteiger partial charge in [-0.2, -0.15) is 11.8 Å². The van der Waals surface area contributed by atoms with Crippen molar-refractivity contribution in [3.05, 3.63) is 71.8 Å². The number of hydrogen-bond donors (Lipinski definition) is 1. The number of amides is 5. The summed E-state index contributed by atoms with van der Waals surface area (Å²) >= 11 is 1.67. The van der Waals surface area contributed by atoms with Gasteiger partial charge in [-0.05, 0) is 11.1 Å². The Kier molecular flexibility index (Phi) is 7.02. The molecule has 1 aliphatic heterocycles. The molecule has 0 aliphatic carbocycles. The Morgan fingerprint density at radius 1 is 0.828 bits per heavy atom. The Morgan fingerprint density at radius 3 is 2.07 bits per heavy atom. The van der Waals surface area contributed by atoms with Gasteiger partial charge in [0.05, 0.1) is 6.54 Å². The van der Waals surface area contributed by atoms with Crippen LogP contribution in [-0.4, -0.2) is 52.4 Å². The highest BCUT2D eigenvalue weighted by Crippen LogP contribution is 2.16. The molecule has 8 heteroatoms. The maximum atomic E-state index is 12.4. The first kappa shape index (κ1) is 20.6. The molecule has 0 saturated carbocycles. The largest absolute Gasteiger partial charge is 0.354 e. The predicted octanol–water partition coefficient (Wildman–Crippen LogP) is 2.03. The van der Waals surface area contributed by atoms with Crippen LogP contribution in [0.1, 0.15) is 11.1 Å². The van der Waals surface area contributed by atoms with E-state index < -0.39 is 30.3 Å². The average Bonchev–Trinajstić information content (AvgIpc) is 2.93. The summed E-state index contributed by atoms with van der Waals surface area (Å²) < 4.78 is 0. The number of urea groups is 1. The summed E-state index contributed by atoms with van der Waals surface area (Å²) in [6.07, 6.45) is 0. The second kappa shape index (κ2) is 9.88. The van der Waals surface area contributed by atoms with Gasteiger partial charge in [-0.1, -0.05) is 60.7 Å². The molecule has 1 saturated heterocycles. The molecule has 1 N–H and O–H groups in total. The summed E-state index contributed by atoms with van der Waals surface area (Å²) in [5.74, 6) is -0.823. The standard InChI is InChI=1S/C21H21N3O4S/c25-18(22-11-12-29-15-17-9-5-2-6-10-17)14-24-20(27)19(26)23(21(24)28)13-16-7-3-1-4-8-16/h1-10H,11-15H2,(H,22,25). The van der Waals surface area contributed by atoms with Crippen LogP contribution in [-0.2, 0) is 26.7 Å². The Hall–Kier alpha value is -3.13. The van der Waals surface area contributed by atoms with Crippen LogP contribution >= 0.6 is 11.8 Å². The minimum Gasteiger partial charge on any atom is -0.354 e. The van der Waals surface area contributed by atoms with Crippen LogP contribution in [0.25, 0.3) is 0 Å². The molecular weight excluding hydrogens is 390 g/mol. The zero-order chi connectivity index (χ0) is 20.6. The van der Waals surface area contributed by atoms with E-state index in [0.717, 1.165) is 16.2 Å². The first-order valence-electron chi connectivity index (χ1n) is 9.16. The highest BCUT2D eigenvalue weighted by molar-refractivity contribution is 7.98. The van der Waals surface area contributed by atoms with E-state index in [4.69, 9.17) is 0 Å². The lowest BCUT2D eigenvalue weighted by Gasteiger charge is -2.15. The number of nitrogens with zero attached hydrogens (tertiary/aromatic N) is 2. The smallest absolute Gasteiger partial charge is 0.335 e. The third-order valence-electron chi connectivity index (χ3n) is 4.30. The van der Waals surface area contributed by atoms with Crippen molar-refractivity contribution in [2.75, 3.05) is 18.8 Å². The summed E-state index contributed by atoms with van der Waals surface area (Å²) in [5.41, 5.74) is 1.93. The topological polar surface area (TPSA) is 86.8 Å². The van der Waals surface area contributed by atoms with E-state index in [0.29, 0.717) is 17.2 Å². The van der Waals surface area contributed by atoms with Gasteiger partial charge in [-0.15, -0.1) is 0 Å². The number of benzene rings is 2. The van der Waals surface area contributed by atoms with Crippen LogP contribution in [0.3, 0.4) is 0 Å². The Balaban J connectivity index is 1.44. The van der Waals surface area contributed by atoms with Gasteiger partial charge in [0.25, 0.3) is 0 Å². The van der Waals surface area contributed by atoms with Gasteiger partial charge in [0, 0.05) is 18.1 Å². The van der Waals surface area contributed by atoms with Gasteiger partial charge in [-0.3, -0.25) is 19.3 Å². The average molecular weight is 411 g/mol. The number of carbonyl (C=O) groups is 4. The lowest BCUT2D eigenvalue weighted by Crippen LogP contribution is -2.41. The van der Waals surface area contributed by atoms with E-state index in [-0.39, 0.29) is 6.54 Å². The third-order valence-corrected chi connectivity index (χ3v) is 5.33. The molecule has 0 spiro atoms. The van der Waals surface area contributed by atoms with Crippen molar-refractivity contribution in [2.24, 2.45) is 0 Å². The van der Waals surface area contributed by atoms with E-state index in [1.165, 1.54) is 5.56 Å². The zero-order valence-corrected chi connectivity index (χ0v) is 16.6. The molecule has 2 aromatic rings. The number of thioether (sulfide) groups is 1. The normalized spacial score (nSPS) is 13.9. The Morgan fingerprint density at radius 2 is 1.41 bits per heavy atom. The molecule has 5 amide bonds. The van der Waals surface area contributed by atoms with E-state index in [1.807, 2.05) is 36.4 Å². The van der Waals surface area contributed by atoms with Crippen LogP contribution in [0.4, 0.5) is 4.79 Å². The van der Waals surface area contributed by atoms with E-state index in [1.54, 1.807) is 36.0 Å². The molecule has 0 bridgehead atoms. The minimum atomic E-state index is -0.973. The van der Waals surface area contributed by atoms with Crippen LogP contribution in [0.15, 0.2) is 60.7 Å². The van der Waals surface area contributed by atoms with E-state index >= 15 is 0 Å². The quantitative estimate of drug-likeness (QED) is 0.388. The Labute approximate surface area is 173 Å². The summed E-state index contributed by atoms with van der Waals surface area (Å²) in [7, 11) is 0. The molecule has 0 unspecified atom stereocenters. The van der Waals surface area contributed by atoms with Crippen LogP contribution < -0.4 is 5.32 Å². The fraction of sp³-hybridized carbons (Fsp3) is 0.238. The highest BCUT2D eigenvalue weighted by atomic mass is 32.2. The van der Waals surface area contributed by atoms with Crippen molar-refractivity contribution < 1.29 is 19.2 Å². The summed E-state index contributed by atoms with van der Waals surface area (Å²) in [5, 5.41) is 2.68. The van der Waals surface area contributed by atoms with E-state index in [2.05, 4.69) is 5.32 Å². The van der Waals surface area contributed by atoms with Crippen LogP contribution in [0.5, 0.6) is 0 Å². The van der Waals surface area contributed by atoms with Gasteiger partial charge in [-0.25, -0.2) is 9.69 Å². The molecule has 29 heavy (non-hydrogen) atoms. The van der Waals surface area contributed by atoms with Gasteiger partial charge < -0.3 is 5.32 Å². The molecule has 2 aromatic carbocycles. The molecule has 1 aliphatic rings. The molecular formula is C21H21N3O4S. The lowest BCUT2D eigenvalue weighted by molar-refractivity contribution is -0.144. The first-order chi connectivity index (χ1) is 14.1. The molecule has 0 radical (unpaired) electrons. The fourth-order valence-electron chi connectivity index (χ4n) is 2.82. The van der Waals surface area contributed by atoms with E-state index in [9.17, 15) is 19.2 Å². The number of carbonyl (C=O) groups excluding carboxylic acids is 4. The number of rotatable bonds is 9. The summed E-state index contributed by atoms with van der Waals surface area (Å²) in [6.45, 7) is -0.0508. The highest BCUT2D eigenvalue weighted by Gasteiger charge is 2.45. The molecule has 150 valence electrons. The summed E-state index contributed by atoms with van der Waals surface area (Å²) in [6, 6.07) is 18.1. The van der Waals surface area contributed by atoms with Crippen molar-refractivity contribution in [3.63, 3.8) is 0 Å². The van der Waals surface area contributed by atoms with Crippen LogP contribution in [0.2, 0.25) is 0 Å². The van der Waals surface area contributed by atoms with Gasteiger partial charge in [0.15, 0.2) is 0 Å².